The zero-order valence-electron chi connectivity index (χ0n) is 8.47. The van der Waals surface area contributed by atoms with E-state index in [4.69, 9.17) is 4.84 Å². The van der Waals surface area contributed by atoms with E-state index in [0.717, 1.165) is 25.9 Å². The van der Waals surface area contributed by atoms with Crippen molar-refractivity contribution in [1.82, 2.24) is 5.06 Å². The maximum atomic E-state index is 5.73. The van der Waals surface area contributed by atoms with Gasteiger partial charge in [0.1, 0.15) is 0 Å². The Kier molecular flexibility index (Phi) is 3.13. The van der Waals surface area contributed by atoms with Gasteiger partial charge in [0.25, 0.3) is 0 Å². The van der Waals surface area contributed by atoms with Gasteiger partial charge in [-0.1, -0.05) is 6.92 Å². The lowest BCUT2D eigenvalue weighted by Gasteiger charge is -2.34. The van der Waals surface area contributed by atoms with E-state index < -0.39 is 0 Å². The van der Waals surface area contributed by atoms with Crippen molar-refractivity contribution < 1.29 is 4.84 Å². The van der Waals surface area contributed by atoms with E-state index in [1.165, 1.54) is 0 Å². The van der Waals surface area contributed by atoms with Crippen LogP contribution in [0.25, 0.3) is 0 Å². The topological polar surface area (TPSA) is 12.5 Å². The Balaban J connectivity index is 2.26. The smallest absolute Gasteiger partial charge is 0.0815 e. The minimum Gasteiger partial charge on any atom is -0.293 e. The Morgan fingerprint density at radius 3 is 2.17 bits per heavy atom. The van der Waals surface area contributed by atoms with Gasteiger partial charge < -0.3 is 0 Å². The van der Waals surface area contributed by atoms with Crippen molar-refractivity contribution >= 4 is 0 Å². The number of hydroxylamine groups is 2. The van der Waals surface area contributed by atoms with Gasteiger partial charge in [0.2, 0.25) is 0 Å². The van der Waals surface area contributed by atoms with E-state index in [-0.39, 0.29) is 5.60 Å². The first-order valence-corrected chi connectivity index (χ1v) is 4.74. The fourth-order valence-electron chi connectivity index (χ4n) is 1.39. The highest BCUT2D eigenvalue weighted by Crippen LogP contribution is 2.19. The van der Waals surface area contributed by atoms with Crippen LogP contribution in [0.3, 0.4) is 0 Å². The fourth-order valence-corrected chi connectivity index (χ4v) is 1.39. The van der Waals surface area contributed by atoms with Crippen LogP contribution in [-0.4, -0.2) is 23.8 Å². The molecule has 0 aromatic heterocycles. The third kappa shape index (κ3) is 3.55. The quantitative estimate of drug-likeness (QED) is 0.598. The Morgan fingerprint density at radius 2 is 1.75 bits per heavy atom. The molecule has 0 aliphatic carbocycles. The summed E-state index contributed by atoms with van der Waals surface area (Å²) in [5.41, 5.74) is -0.0476. The summed E-state index contributed by atoms with van der Waals surface area (Å²) < 4.78 is 0. The molecule has 0 amide bonds. The molecule has 0 unspecified atom stereocenters. The Morgan fingerprint density at radius 1 is 1.25 bits per heavy atom. The van der Waals surface area contributed by atoms with Crippen LogP contribution in [-0.2, 0) is 4.84 Å². The van der Waals surface area contributed by atoms with Gasteiger partial charge in [0.05, 0.1) is 5.60 Å². The Labute approximate surface area is 75.8 Å². The molecule has 0 atom stereocenters. The third-order valence-corrected chi connectivity index (χ3v) is 1.98. The number of rotatable bonds is 1. The van der Waals surface area contributed by atoms with E-state index in [0.29, 0.717) is 5.92 Å². The zero-order valence-corrected chi connectivity index (χ0v) is 8.47. The summed E-state index contributed by atoms with van der Waals surface area (Å²) in [6.07, 6.45) is 2.33. The molecule has 0 spiro atoms. The normalized spacial score (nSPS) is 23.0. The van der Waals surface area contributed by atoms with Crippen LogP contribution < -0.4 is 0 Å². The van der Waals surface area contributed by atoms with Crippen molar-refractivity contribution in [3.8, 4) is 0 Å². The van der Waals surface area contributed by atoms with Crippen molar-refractivity contribution in [1.29, 1.82) is 0 Å². The summed E-state index contributed by atoms with van der Waals surface area (Å²) in [4.78, 5) is 5.73. The van der Waals surface area contributed by atoms with Crippen LogP contribution in [0, 0.1) is 12.8 Å². The standard InChI is InChI=1S/C10H20NO/c1-9-5-7-11(8-6-9)12-10(2,3)4/h9H,1,5-8H2,2-4H3. The number of piperidine rings is 1. The van der Waals surface area contributed by atoms with Crippen LogP contribution in [0.5, 0.6) is 0 Å². The minimum atomic E-state index is -0.0476. The molecule has 1 aliphatic rings. The summed E-state index contributed by atoms with van der Waals surface area (Å²) in [5.74, 6) is 0.629. The molecule has 0 N–H and O–H groups in total. The molecule has 2 heteroatoms. The lowest BCUT2D eigenvalue weighted by molar-refractivity contribution is -0.237. The van der Waals surface area contributed by atoms with Crippen LogP contribution in [0.2, 0.25) is 0 Å². The van der Waals surface area contributed by atoms with E-state index >= 15 is 0 Å². The maximum Gasteiger partial charge on any atom is 0.0815 e. The number of hydrogen-bond acceptors (Lipinski definition) is 2. The van der Waals surface area contributed by atoms with E-state index in [1.54, 1.807) is 0 Å². The molecule has 2 nitrogen and oxygen atoms in total. The molecule has 1 radical (unpaired) electrons. The van der Waals surface area contributed by atoms with Gasteiger partial charge in [-0.05, 0) is 39.5 Å². The molecule has 0 saturated carbocycles. The number of hydrogen-bond donors (Lipinski definition) is 0. The third-order valence-electron chi connectivity index (χ3n) is 1.98. The monoisotopic (exact) mass is 170 g/mol. The van der Waals surface area contributed by atoms with Gasteiger partial charge in [0, 0.05) is 13.1 Å². The Bertz CT molecular complexity index is 131. The molecular weight excluding hydrogens is 150 g/mol. The molecule has 0 aromatic rings. The second-order valence-electron chi connectivity index (χ2n) is 4.58. The average Bonchev–Trinajstić information content (AvgIpc) is 1.91. The molecule has 0 bridgehead atoms. The first-order chi connectivity index (χ1) is 5.47. The summed E-state index contributed by atoms with van der Waals surface area (Å²) in [6, 6.07) is 0. The SMILES string of the molecule is [CH2]C1CCN(OC(C)(C)C)CC1. The zero-order chi connectivity index (χ0) is 9.19. The summed E-state index contributed by atoms with van der Waals surface area (Å²) >= 11 is 0. The predicted molar refractivity (Wildman–Crippen MR) is 50.5 cm³/mol. The largest absolute Gasteiger partial charge is 0.293 e. The lowest BCUT2D eigenvalue weighted by atomic mass is 10.0. The average molecular weight is 170 g/mol. The van der Waals surface area contributed by atoms with Gasteiger partial charge in [-0.15, -0.1) is 0 Å². The van der Waals surface area contributed by atoms with E-state index in [1.807, 2.05) is 0 Å². The maximum absolute atomic E-state index is 5.73. The second-order valence-corrected chi connectivity index (χ2v) is 4.58. The number of nitrogens with zero attached hydrogens (tertiary/aromatic N) is 1. The molecule has 1 saturated heterocycles. The van der Waals surface area contributed by atoms with Crippen LogP contribution in [0.15, 0.2) is 0 Å². The first kappa shape index (κ1) is 10.0. The van der Waals surface area contributed by atoms with Gasteiger partial charge >= 0.3 is 0 Å². The molecule has 1 aliphatic heterocycles. The van der Waals surface area contributed by atoms with Crippen LogP contribution >= 0.6 is 0 Å². The molecule has 1 heterocycles. The lowest BCUT2D eigenvalue weighted by Crippen LogP contribution is -2.39. The van der Waals surface area contributed by atoms with Gasteiger partial charge in [-0.2, -0.15) is 5.06 Å². The highest BCUT2D eigenvalue weighted by atomic mass is 16.7. The summed E-state index contributed by atoms with van der Waals surface area (Å²) in [6.45, 7) is 12.4. The van der Waals surface area contributed by atoms with Crippen molar-refractivity contribution in [3.63, 3.8) is 0 Å². The van der Waals surface area contributed by atoms with Crippen LogP contribution in [0.4, 0.5) is 0 Å². The molecule has 71 valence electrons. The van der Waals surface area contributed by atoms with Crippen molar-refractivity contribution in [2.75, 3.05) is 13.1 Å². The van der Waals surface area contributed by atoms with Crippen molar-refractivity contribution in [2.24, 2.45) is 5.92 Å². The molecule has 0 aromatic carbocycles. The highest BCUT2D eigenvalue weighted by Gasteiger charge is 2.21. The molecule has 1 fully saturated rings. The van der Waals surface area contributed by atoms with E-state index in [9.17, 15) is 0 Å². The Hall–Kier alpha value is -0.0800. The minimum absolute atomic E-state index is 0.0476. The van der Waals surface area contributed by atoms with Crippen molar-refractivity contribution in [3.05, 3.63) is 6.92 Å². The second kappa shape index (κ2) is 3.75. The molecule has 1 rings (SSSR count). The predicted octanol–water partition coefficient (Wildman–Crippen LogP) is 2.26. The van der Waals surface area contributed by atoms with Gasteiger partial charge in [-0.3, -0.25) is 4.84 Å². The highest BCUT2D eigenvalue weighted by molar-refractivity contribution is 4.70. The molecular formula is C10H20NO. The van der Waals surface area contributed by atoms with E-state index in [2.05, 4.69) is 32.8 Å². The van der Waals surface area contributed by atoms with Crippen LogP contribution in [0.1, 0.15) is 33.6 Å². The summed E-state index contributed by atoms with van der Waals surface area (Å²) in [7, 11) is 0. The fraction of sp³-hybridized carbons (Fsp3) is 0.900. The molecule has 12 heavy (non-hydrogen) atoms. The van der Waals surface area contributed by atoms with Gasteiger partial charge in [0.15, 0.2) is 0 Å². The van der Waals surface area contributed by atoms with Crippen molar-refractivity contribution in [2.45, 2.75) is 39.2 Å². The first-order valence-electron chi connectivity index (χ1n) is 4.74. The van der Waals surface area contributed by atoms with Gasteiger partial charge in [-0.25, -0.2) is 0 Å². The summed E-state index contributed by atoms with van der Waals surface area (Å²) in [5, 5.41) is 2.07.